The van der Waals surface area contributed by atoms with Crippen molar-refractivity contribution in [2.75, 3.05) is 0 Å². The van der Waals surface area contributed by atoms with Crippen LogP contribution in [0.25, 0.3) is 28.0 Å². The minimum atomic E-state index is 1.06. The first-order valence-electron chi connectivity index (χ1n) is 11.5. The van der Waals surface area contributed by atoms with Crippen LogP contribution in [-0.2, 0) is 13.0 Å². The maximum absolute atomic E-state index is 3.62. The minimum absolute atomic E-state index is 1.06. The molecule has 5 aromatic rings. The molecular formula is C29H25BrN2S. The number of aryl methyl sites for hydroxylation is 3. The van der Waals surface area contributed by atoms with Gasteiger partial charge in [-0.3, -0.25) is 4.40 Å². The largest absolute Gasteiger partial charge is 0.325 e. The summed E-state index contributed by atoms with van der Waals surface area (Å²) in [5.41, 5.74) is 9.40. The number of benzene rings is 3. The Hall–Kier alpha value is -2.69. The molecule has 3 aromatic carbocycles. The SMILES string of the molecule is Cc1ccc(Sc2c(-c3ccc(Br)cc3)c3c4n(c(-c5ccccc5)cn24)CCCC3)cc1. The molecule has 0 atom stereocenters. The van der Waals surface area contributed by atoms with Crippen LogP contribution in [0.15, 0.2) is 99.5 Å². The number of imidazole rings is 1. The highest BCUT2D eigenvalue weighted by atomic mass is 79.9. The molecule has 0 saturated carbocycles. The molecule has 33 heavy (non-hydrogen) atoms. The lowest BCUT2D eigenvalue weighted by Gasteiger charge is -2.10. The van der Waals surface area contributed by atoms with Gasteiger partial charge in [-0.2, -0.15) is 0 Å². The summed E-state index contributed by atoms with van der Waals surface area (Å²) in [4.78, 5) is 1.27. The number of aromatic nitrogens is 2. The highest BCUT2D eigenvalue weighted by Crippen LogP contribution is 2.45. The third-order valence-corrected chi connectivity index (χ3v) is 8.16. The zero-order valence-corrected chi connectivity index (χ0v) is 21.0. The van der Waals surface area contributed by atoms with Gasteiger partial charge in [0.2, 0.25) is 0 Å². The molecule has 0 spiro atoms. The van der Waals surface area contributed by atoms with E-state index in [0.717, 1.165) is 17.4 Å². The fraction of sp³-hybridized carbons (Fsp3) is 0.172. The molecule has 1 aliphatic heterocycles. The van der Waals surface area contributed by atoms with E-state index in [0.29, 0.717) is 0 Å². The van der Waals surface area contributed by atoms with Crippen molar-refractivity contribution < 1.29 is 0 Å². The number of hydrogen-bond acceptors (Lipinski definition) is 1. The predicted molar refractivity (Wildman–Crippen MR) is 142 cm³/mol. The molecule has 0 radical (unpaired) electrons. The van der Waals surface area contributed by atoms with Crippen molar-refractivity contribution in [3.63, 3.8) is 0 Å². The molecule has 2 aromatic heterocycles. The quantitative estimate of drug-likeness (QED) is 0.234. The van der Waals surface area contributed by atoms with Gasteiger partial charge in [-0.05, 0) is 61.6 Å². The molecule has 0 saturated heterocycles. The van der Waals surface area contributed by atoms with Crippen molar-refractivity contribution in [1.82, 2.24) is 8.97 Å². The van der Waals surface area contributed by atoms with Crippen LogP contribution in [0.3, 0.4) is 0 Å². The Balaban J connectivity index is 1.63. The van der Waals surface area contributed by atoms with E-state index in [-0.39, 0.29) is 0 Å². The van der Waals surface area contributed by atoms with Crippen LogP contribution in [0.4, 0.5) is 0 Å². The van der Waals surface area contributed by atoms with Gasteiger partial charge in [-0.1, -0.05) is 87.9 Å². The summed E-state index contributed by atoms with van der Waals surface area (Å²) in [6, 6.07) is 28.5. The Bertz CT molecular complexity index is 1430. The summed E-state index contributed by atoms with van der Waals surface area (Å²) in [6.45, 7) is 3.21. The molecule has 6 rings (SSSR count). The summed E-state index contributed by atoms with van der Waals surface area (Å²) < 4.78 is 6.13. The van der Waals surface area contributed by atoms with Crippen molar-refractivity contribution in [2.24, 2.45) is 0 Å². The molecule has 0 unspecified atom stereocenters. The second-order valence-corrected chi connectivity index (χ2v) is 10.7. The van der Waals surface area contributed by atoms with Crippen LogP contribution in [0, 0.1) is 6.92 Å². The van der Waals surface area contributed by atoms with E-state index in [1.807, 2.05) is 11.8 Å². The first-order chi connectivity index (χ1) is 16.2. The summed E-state index contributed by atoms with van der Waals surface area (Å²) in [7, 11) is 0. The Kier molecular flexibility index (Phi) is 5.43. The molecule has 0 bridgehead atoms. The van der Waals surface area contributed by atoms with Gasteiger partial charge in [0.05, 0.1) is 10.7 Å². The lowest BCUT2D eigenvalue weighted by atomic mass is 10.0. The minimum Gasteiger partial charge on any atom is -0.325 e. The smallest absolute Gasteiger partial charge is 0.122 e. The normalized spacial score (nSPS) is 13.4. The van der Waals surface area contributed by atoms with E-state index in [1.54, 1.807) is 0 Å². The molecule has 0 aliphatic carbocycles. The second kappa shape index (κ2) is 8.58. The number of nitrogens with zero attached hydrogens (tertiary/aromatic N) is 2. The molecule has 3 heterocycles. The molecule has 0 fully saturated rings. The van der Waals surface area contributed by atoms with Gasteiger partial charge < -0.3 is 4.57 Å². The Labute approximate surface area is 207 Å². The number of rotatable bonds is 4. The van der Waals surface area contributed by atoms with Crippen molar-refractivity contribution in [2.45, 2.75) is 42.7 Å². The average Bonchev–Trinajstić information content (AvgIpc) is 3.25. The van der Waals surface area contributed by atoms with E-state index in [1.165, 1.54) is 61.9 Å². The fourth-order valence-electron chi connectivity index (χ4n) is 4.93. The summed E-state index contributed by atoms with van der Waals surface area (Å²) in [5.74, 6) is 0. The molecule has 0 N–H and O–H groups in total. The lowest BCUT2D eigenvalue weighted by Crippen LogP contribution is -1.98. The van der Waals surface area contributed by atoms with Crippen LogP contribution < -0.4 is 0 Å². The van der Waals surface area contributed by atoms with Crippen molar-refractivity contribution in [3.8, 4) is 22.4 Å². The number of hydrogen-bond donors (Lipinski definition) is 0. The van der Waals surface area contributed by atoms with Crippen LogP contribution in [-0.4, -0.2) is 8.97 Å². The van der Waals surface area contributed by atoms with Crippen LogP contribution in [0.2, 0.25) is 0 Å². The van der Waals surface area contributed by atoms with Gasteiger partial charge in [0.25, 0.3) is 0 Å². The van der Waals surface area contributed by atoms with Crippen molar-refractivity contribution in [1.29, 1.82) is 0 Å². The Morgan fingerprint density at radius 1 is 0.818 bits per heavy atom. The maximum Gasteiger partial charge on any atom is 0.122 e. The molecule has 1 aliphatic rings. The first-order valence-corrected chi connectivity index (χ1v) is 13.1. The van der Waals surface area contributed by atoms with E-state index in [2.05, 4.69) is 117 Å². The first kappa shape index (κ1) is 20.9. The predicted octanol–water partition coefficient (Wildman–Crippen LogP) is 8.63. The average molecular weight is 514 g/mol. The van der Waals surface area contributed by atoms with E-state index in [4.69, 9.17) is 0 Å². The highest BCUT2D eigenvalue weighted by Gasteiger charge is 2.26. The summed E-state index contributed by atoms with van der Waals surface area (Å²) >= 11 is 5.49. The van der Waals surface area contributed by atoms with Crippen LogP contribution in [0.5, 0.6) is 0 Å². The zero-order valence-electron chi connectivity index (χ0n) is 18.6. The fourth-order valence-corrected chi connectivity index (χ4v) is 6.27. The van der Waals surface area contributed by atoms with E-state index >= 15 is 0 Å². The van der Waals surface area contributed by atoms with E-state index in [9.17, 15) is 0 Å². The molecular weight excluding hydrogens is 488 g/mol. The van der Waals surface area contributed by atoms with Gasteiger partial charge in [0, 0.05) is 33.2 Å². The summed E-state index contributed by atoms with van der Waals surface area (Å²) in [5, 5.41) is 1.31. The van der Waals surface area contributed by atoms with Gasteiger partial charge >= 0.3 is 0 Å². The Morgan fingerprint density at radius 3 is 2.33 bits per heavy atom. The third kappa shape index (κ3) is 3.75. The van der Waals surface area contributed by atoms with E-state index < -0.39 is 0 Å². The van der Waals surface area contributed by atoms with Crippen LogP contribution in [0.1, 0.15) is 24.0 Å². The van der Waals surface area contributed by atoms with Gasteiger partial charge in [0.15, 0.2) is 0 Å². The standard InChI is InChI=1S/C29H25BrN2S/c1-20-10-16-24(17-11-20)33-29-27(22-12-14-23(30)15-13-22)25-9-5-6-18-31-26(19-32(29)28(25)31)21-7-3-2-4-8-21/h2-4,7-8,10-17,19H,5-6,9,18H2,1H3. The van der Waals surface area contributed by atoms with Gasteiger partial charge in [-0.15, -0.1) is 0 Å². The van der Waals surface area contributed by atoms with Gasteiger partial charge in [0.1, 0.15) is 5.65 Å². The monoisotopic (exact) mass is 512 g/mol. The summed E-state index contributed by atoms with van der Waals surface area (Å²) in [6.07, 6.45) is 5.90. The van der Waals surface area contributed by atoms with Gasteiger partial charge in [-0.25, -0.2) is 0 Å². The second-order valence-electron chi connectivity index (χ2n) is 8.76. The number of halogens is 1. The molecule has 164 valence electrons. The Morgan fingerprint density at radius 2 is 1.58 bits per heavy atom. The maximum atomic E-state index is 3.62. The molecule has 0 amide bonds. The van der Waals surface area contributed by atoms with Crippen molar-refractivity contribution >= 4 is 33.3 Å². The van der Waals surface area contributed by atoms with Crippen LogP contribution >= 0.6 is 27.7 Å². The zero-order chi connectivity index (χ0) is 22.4. The lowest BCUT2D eigenvalue weighted by molar-refractivity contribution is 0.646. The highest BCUT2D eigenvalue weighted by molar-refractivity contribution is 9.10. The third-order valence-electron chi connectivity index (χ3n) is 6.53. The molecule has 4 heteroatoms. The van der Waals surface area contributed by atoms with Crippen molar-refractivity contribution in [3.05, 3.63) is 101 Å². The molecule has 2 nitrogen and oxygen atoms in total. The topological polar surface area (TPSA) is 9.34 Å².